The number of imidazole rings is 2. The molecule has 0 aliphatic carbocycles. The zero-order valence-corrected chi connectivity index (χ0v) is 25.0. The number of anilines is 2. The van der Waals surface area contributed by atoms with Gasteiger partial charge in [0.25, 0.3) is 11.1 Å². The average Bonchev–Trinajstić information content (AvgIpc) is 3.72. The molecule has 6 rings (SSSR count). The number of nitrogen functional groups attached to an aromatic ring is 2. The first-order chi connectivity index (χ1) is 22.9. The van der Waals surface area contributed by atoms with Gasteiger partial charge in [-0.2, -0.15) is 15.0 Å². The van der Waals surface area contributed by atoms with Crippen LogP contribution in [0.15, 0.2) is 39.7 Å². The fraction of sp³-hybridized carbons (Fsp3) is 0.462. The summed E-state index contributed by atoms with van der Waals surface area (Å²) >= 11 is 0. The molecular formula is C26H34N10O12. The van der Waals surface area contributed by atoms with E-state index in [2.05, 4.69) is 38.1 Å². The molecule has 2 aliphatic heterocycles. The van der Waals surface area contributed by atoms with Gasteiger partial charge in [0.15, 0.2) is 34.8 Å². The van der Waals surface area contributed by atoms with E-state index >= 15 is 0 Å². The molecule has 0 amide bonds. The van der Waals surface area contributed by atoms with Crippen molar-refractivity contribution in [1.29, 1.82) is 0 Å². The number of rotatable bonds is 9. The van der Waals surface area contributed by atoms with E-state index in [0.717, 1.165) is 9.13 Å². The predicted molar refractivity (Wildman–Crippen MR) is 163 cm³/mol. The standard InChI is InChI=1S/2C13H17N5O6/c1-2-3-17-6-9(15-12(14)16-10(6)22)18(13(17)23)11-8(21)7(20)5(4-19)24-11;1-2-3-23-13-15-6-9(16-12(14)17-10(6)22)18(13)11-8(21)7(20)5(4-19)24-11/h2,5,7-8,11,19-21H,1,3-4H2,(H3,14,15,16,22);2,5,7-8,11,19-21H,1,3-4H2,(H3,14,16,17,22)/t2*5-,7-,8-,11?/m11/s1. The Morgan fingerprint density at radius 1 is 0.792 bits per heavy atom. The van der Waals surface area contributed by atoms with E-state index in [1.54, 1.807) is 0 Å². The van der Waals surface area contributed by atoms with E-state index in [1.165, 1.54) is 16.7 Å². The molecule has 0 bridgehead atoms. The van der Waals surface area contributed by atoms with Gasteiger partial charge >= 0.3 is 11.7 Å². The molecule has 4 aromatic heterocycles. The average molecular weight is 679 g/mol. The molecule has 0 saturated carbocycles. The van der Waals surface area contributed by atoms with Gasteiger partial charge in [-0.3, -0.25) is 24.1 Å². The predicted octanol–water partition coefficient (Wildman–Crippen LogP) is -4.86. The summed E-state index contributed by atoms with van der Waals surface area (Å²) in [4.78, 5) is 53.4. The largest absolute Gasteiger partial charge is 0.460 e. The number of nitrogens with one attached hydrogen (secondary N) is 2. The molecule has 2 unspecified atom stereocenters. The molecule has 22 nitrogen and oxygen atoms in total. The van der Waals surface area contributed by atoms with Crippen LogP contribution in [0.2, 0.25) is 0 Å². The van der Waals surface area contributed by atoms with Crippen LogP contribution in [0.25, 0.3) is 22.3 Å². The van der Waals surface area contributed by atoms with Crippen LogP contribution in [0.3, 0.4) is 0 Å². The molecule has 260 valence electrons. The van der Waals surface area contributed by atoms with Crippen molar-refractivity contribution in [3.63, 3.8) is 0 Å². The Morgan fingerprint density at radius 3 is 1.85 bits per heavy atom. The summed E-state index contributed by atoms with van der Waals surface area (Å²) in [6, 6.07) is -0.0664. The Balaban J connectivity index is 0.000000188. The number of aliphatic hydroxyl groups excluding tert-OH is 6. The van der Waals surface area contributed by atoms with Gasteiger partial charge < -0.3 is 56.3 Å². The Bertz CT molecular complexity index is 2000. The Hall–Kier alpha value is -4.94. The number of H-pyrrole nitrogens is 2. The third-order valence-electron chi connectivity index (χ3n) is 7.55. The van der Waals surface area contributed by atoms with E-state index in [9.17, 15) is 45.0 Å². The molecule has 2 aliphatic rings. The number of hydrogen-bond donors (Lipinski definition) is 10. The lowest BCUT2D eigenvalue weighted by Crippen LogP contribution is -2.36. The minimum atomic E-state index is -1.50. The second kappa shape index (κ2) is 13.7. The van der Waals surface area contributed by atoms with Crippen LogP contribution >= 0.6 is 0 Å². The minimum Gasteiger partial charge on any atom is -0.460 e. The summed E-state index contributed by atoms with van der Waals surface area (Å²) in [6.07, 6.45) is -7.32. The maximum Gasteiger partial charge on any atom is 0.333 e. The number of nitrogens with zero attached hydrogens (tertiary/aromatic N) is 6. The first-order valence-corrected chi connectivity index (χ1v) is 14.3. The number of allylic oxidation sites excluding steroid dienone is 1. The van der Waals surface area contributed by atoms with E-state index in [0.29, 0.717) is 0 Å². The van der Waals surface area contributed by atoms with Crippen LogP contribution in [-0.4, -0.2) is 126 Å². The molecule has 22 heteroatoms. The quantitative estimate of drug-likeness (QED) is 0.0742. The number of aromatic amines is 2. The highest BCUT2D eigenvalue weighted by Crippen LogP contribution is 2.35. The van der Waals surface area contributed by atoms with E-state index in [-0.39, 0.29) is 53.4 Å². The lowest BCUT2D eigenvalue weighted by atomic mass is 10.1. The fourth-order valence-electron chi connectivity index (χ4n) is 5.36. The summed E-state index contributed by atoms with van der Waals surface area (Å²) < 4.78 is 19.5. The van der Waals surface area contributed by atoms with Crippen LogP contribution in [0.1, 0.15) is 12.5 Å². The summed E-state index contributed by atoms with van der Waals surface area (Å²) in [6.45, 7) is 6.10. The van der Waals surface area contributed by atoms with Gasteiger partial charge in [-0.1, -0.05) is 18.7 Å². The molecule has 0 aromatic carbocycles. The molecular weight excluding hydrogens is 644 g/mol. The monoisotopic (exact) mass is 678 g/mol. The topological polar surface area (TPSA) is 337 Å². The number of aliphatic hydroxyl groups is 6. The van der Waals surface area contributed by atoms with Crippen molar-refractivity contribution in [3.05, 3.63) is 56.5 Å². The van der Waals surface area contributed by atoms with Crippen molar-refractivity contribution in [1.82, 2.24) is 38.6 Å². The van der Waals surface area contributed by atoms with Gasteiger partial charge in [-0.05, 0) is 0 Å². The second-order valence-electron chi connectivity index (χ2n) is 10.6. The van der Waals surface area contributed by atoms with Crippen LogP contribution in [0.5, 0.6) is 6.01 Å². The van der Waals surface area contributed by atoms with Crippen molar-refractivity contribution < 1.29 is 44.8 Å². The van der Waals surface area contributed by atoms with Gasteiger partial charge in [0.05, 0.1) is 13.2 Å². The van der Waals surface area contributed by atoms with Crippen molar-refractivity contribution >= 4 is 34.2 Å². The van der Waals surface area contributed by atoms with Crippen molar-refractivity contribution in [2.45, 2.75) is 55.6 Å². The maximum atomic E-state index is 12.7. The van der Waals surface area contributed by atoms with Gasteiger partial charge in [-0.25, -0.2) is 13.9 Å². The number of nitrogens with two attached hydrogens (primary N) is 2. The van der Waals surface area contributed by atoms with Gasteiger partial charge in [0.2, 0.25) is 11.9 Å². The van der Waals surface area contributed by atoms with Gasteiger partial charge in [0, 0.05) is 6.54 Å². The first kappa shape index (κ1) is 34.4. The van der Waals surface area contributed by atoms with Crippen molar-refractivity contribution in [3.8, 4) is 6.01 Å². The van der Waals surface area contributed by atoms with Crippen LogP contribution in [0, 0.1) is 0 Å². The van der Waals surface area contributed by atoms with E-state index in [1.807, 2.05) is 0 Å². The zero-order valence-electron chi connectivity index (χ0n) is 25.0. The number of aromatic nitrogens is 8. The molecule has 0 radical (unpaired) electrons. The van der Waals surface area contributed by atoms with Gasteiger partial charge in [0.1, 0.15) is 43.2 Å². The Morgan fingerprint density at radius 2 is 1.33 bits per heavy atom. The maximum absolute atomic E-state index is 12.7. The summed E-state index contributed by atoms with van der Waals surface area (Å²) in [5.74, 6) is -0.376. The highest BCUT2D eigenvalue weighted by atomic mass is 16.6. The van der Waals surface area contributed by atoms with Gasteiger partial charge in [-0.15, -0.1) is 6.58 Å². The second-order valence-corrected chi connectivity index (χ2v) is 10.6. The summed E-state index contributed by atoms with van der Waals surface area (Å²) in [5.41, 5.74) is 8.96. The smallest absolute Gasteiger partial charge is 0.333 e. The number of ether oxygens (including phenoxy) is 3. The molecule has 8 atom stereocenters. The molecule has 12 N–H and O–H groups in total. The zero-order chi connectivity index (χ0) is 35.0. The molecule has 2 fully saturated rings. The lowest BCUT2D eigenvalue weighted by molar-refractivity contribution is -0.0540. The number of fused-ring (bicyclic) bond motifs is 2. The minimum absolute atomic E-state index is 0.0187. The molecule has 4 aromatic rings. The van der Waals surface area contributed by atoms with Crippen LogP contribution in [-0.2, 0) is 16.0 Å². The highest BCUT2D eigenvalue weighted by molar-refractivity contribution is 5.73. The highest BCUT2D eigenvalue weighted by Gasteiger charge is 2.46. The number of hydrogen-bond acceptors (Lipinski definition) is 17. The molecule has 0 spiro atoms. The van der Waals surface area contributed by atoms with Crippen LogP contribution in [0.4, 0.5) is 11.9 Å². The van der Waals surface area contributed by atoms with Crippen molar-refractivity contribution in [2.75, 3.05) is 31.3 Å². The third kappa shape index (κ3) is 5.86. The van der Waals surface area contributed by atoms with E-state index < -0.39 is 79.1 Å². The van der Waals surface area contributed by atoms with E-state index in [4.69, 9.17) is 25.7 Å². The Kier molecular flexibility index (Phi) is 9.79. The molecule has 2 saturated heterocycles. The van der Waals surface area contributed by atoms with Crippen LogP contribution < -0.4 is 33.0 Å². The third-order valence-corrected chi connectivity index (χ3v) is 7.55. The molecule has 48 heavy (non-hydrogen) atoms. The Labute approximate surface area is 267 Å². The summed E-state index contributed by atoms with van der Waals surface area (Å²) in [7, 11) is 0. The summed E-state index contributed by atoms with van der Waals surface area (Å²) in [5, 5.41) is 58.6. The lowest BCUT2D eigenvalue weighted by Gasteiger charge is -2.18. The molecule has 6 heterocycles. The SMILES string of the molecule is C=CCOc1nc2c(=O)[nH]c(N)nc2n1C1O[C@H](CO)[C@@H](O)[C@H]1O.C=CCn1c(=O)n(C2O[C@H](CO)[C@@H](O)[C@H]2O)c2nc(N)[nH]c(=O)c21. The normalized spacial score (nSPS) is 26.9. The first-order valence-electron chi connectivity index (χ1n) is 14.3. The van der Waals surface area contributed by atoms with Crippen molar-refractivity contribution in [2.24, 2.45) is 0 Å². The fourth-order valence-corrected chi connectivity index (χ4v) is 5.36.